The van der Waals surface area contributed by atoms with Crippen molar-refractivity contribution in [2.24, 2.45) is 0 Å². The van der Waals surface area contributed by atoms with Crippen LogP contribution in [0.25, 0.3) is 5.57 Å². The first kappa shape index (κ1) is 15.2. The van der Waals surface area contributed by atoms with Crippen LogP contribution in [0.3, 0.4) is 0 Å². The number of nitrogens with one attached hydrogen (secondary N) is 1. The number of alkyl halides is 1. The molecule has 108 valence electrons. The molecule has 21 heavy (non-hydrogen) atoms. The summed E-state index contributed by atoms with van der Waals surface area (Å²) in [4.78, 5) is 11.3. The van der Waals surface area contributed by atoms with E-state index in [0.717, 1.165) is 0 Å². The van der Waals surface area contributed by atoms with Gasteiger partial charge in [-0.1, -0.05) is 24.3 Å². The van der Waals surface area contributed by atoms with Crippen molar-refractivity contribution in [3.05, 3.63) is 77.5 Å². The summed E-state index contributed by atoms with van der Waals surface area (Å²) in [7, 11) is 0. The van der Waals surface area contributed by atoms with Crippen LogP contribution in [0.5, 0.6) is 0 Å². The van der Waals surface area contributed by atoms with E-state index in [4.69, 9.17) is 11.6 Å². The SMILES string of the molecule is O=C(CCl)NC=C(c1ccc(F)cc1)c1ccc(F)cc1. The summed E-state index contributed by atoms with van der Waals surface area (Å²) in [5.41, 5.74) is 2.02. The van der Waals surface area contributed by atoms with Gasteiger partial charge in [0, 0.05) is 11.8 Å². The van der Waals surface area contributed by atoms with E-state index < -0.39 is 0 Å². The van der Waals surface area contributed by atoms with E-state index in [-0.39, 0.29) is 23.4 Å². The number of carbonyl (C=O) groups is 1. The van der Waals surface area contributed by atoms with Crippen molar-refractivity contribution in [3.63, 3.8) is 0 Å². The lowest BCUT2D eigenvalue weighted by molar-refractivity contribution is -0.117. The number of halogens is 3. The Labute approximate surface area is 126 Å². The Hall–Kier alpha value is -2.20. The lowest BCUT2D eigenvalue weighted by Crippen LogP contribution is -2.18. The summed E-state index contributed by atoms with van der Waals surface area (Å²) in [5.74, 6) is -1.25. The molecule has 0 saturated carbocycles. The molecule has 0 aliphatic carbocycles. The van der Waals surface area contributed by atoms with Crippen LogP contribution in [0, 0.1) is 11.6 Å². The van der Waals surface area contributed by atoms with Crippen LogP contribution in [0.15, 0.2) is 54.7 Å². The zero-order valence-corrected chi connectivity index (χ0v) is 11.7. The Morgan fingerprint density at radius 3 is 1.76 bits per heavy atom. The Morgan fingerprint density at radius 2 is 1.38 bits per heavy atom. The second kappa shape index (κ2) is 6.99. The van der Waals surface area contributed by atoms with E-state index in [0.29, 0.717) is 16.7 Å². The molecule has 0 heterocycles. The molecule has 0 atom stereocenters. The van der Waals surface area contributed by atoms with Gasteiger partial charge in [0.05, 0.1) is 0 Å². The topological polar surface area (TPSA) is 29.1 Å². The number of rotatable bonds is 4. The predicted octanol–water partition coefficient (Wildman–Crippen LogP) is 3.71. The van der Waals surface area contributed by atoms with Crippen molar-refractivity contribution in [1.82, 2.24) is 5.32 Å². The third-order valence-electron chi connectivity index (χ3n) is 2.81. The fraction of sp³-hybridized carbons (Fsp3) is 0.0625. The van der Waals surface area contributed by atoms with Crippen LogP contribution in [-0.4, -0.2) is 11.8 Å². The minimum absolute atomic E-state index is 0.170. The van der Waals surface area contributed by atoms with Gasteiger partial charge in [-0.2, -0.15) is 0 Å². The van der Waals surface area contributed by atoms with Gasteiger partial charge < -0.3 is 5.32 Å². The summed E-state index contributed by atoms with van der Waals surface area (Å²) in [6, 6.07) is 11.6. The van der Waals surface area contributed by atoms with Crippen LogP contribution in [0.2, 0.25) is 0 Å². The van der Waals surface area contributed by atoms with E-state index in [1.165, 1.54) is 30.5 Å². The van der Waals surface area contributed by atoms with Gasteiger partial charge in [0.15, 0.2) is 0 Å². The average molecular weight is 308 g/mol. The molecule has 2 nitrogen and oxygen atoms in total. The molecule has 0 unspecified atom stereocenters. The standard InChI is InChI=1S/C16H12ClF2NO/c17-9-16(21)20-10-15(11-1-5-13(18)6-2-11)12-3-7-14(19)8-4-12/h1-8,10H,9H2,(H,20,21). The molecule has 0 aliphatic rings. The zero-order chi connectivity index (χ0) is 15.2. The molecular weight excluding hydrogens is 296 g/mol. The van der Waals surface area contributed by atoms with E-state index in [2.05, 4.69) is 5.32 Å². The number of amides is 1. The normalized spacial score (nSPS) is 10.0. The summed E-state index contributed by atoms with van der Waals surface area (Å²) in [6.45, 7) is 0. The van der Waals surface area contributed by atoms with Gasteiger partial charge in [0.25, 0.3) is 0 Å². The lowest BCUT2D eigenvalue weighted by Gasteiger charge is -2.09. The Morgan fingerprint density at radius 1 is 0.952 bits per heavy atom. The average Bonchev–Trinajstić information content (AvgIpc) is 2.50. The lowest BCUT2D eigenvalue weighted by atomic mass is 9.99. The molecule has 1 amide bonds. The summed E-state index contributed by atoms with van der Waals surface area (Å²) in [5, 5.41) is 2.54. The smallest absolute Gasteiger partial charge is 0.238 e. The molecule has 2 rings (SSSR count). The summed E-state index contributed by atoms with van der Waals surface area (Å²) < 4.78 is 26.0. The Balaban J connectivity index is 2.41. The second-order valence-electron chi connectivity index (χ2n) is 4.27. The maximum absolute atomic E-state index is 13.0. The third kappa shape index (κ3) is 4.13. The van der Waals surface area contributed by atoms with E-state index in [1.807, 2.05) is 0 Å². The van der Waals surface area contributed by atoms with E-state index in [1.54, 1.807) is 24.3 Å². The van der Waals surface area contributed by atoms with Crippen molar-refractivity contribution in [2.75, 3.05) is 5.88 Å². The van der Waals surface area contributed by atoms with Gasteiger partial charge in [0.2, 0.25) is 5.91 Å². The Bertz CT molecular complexity index is 603. The highest BCUT2D eigenvalue weighted by molar-refractivity contribution is 6.27. The Kier molecular flexibility index (Phi) is 5.06. The van der Waals surface area contributed by atoms with Crippen molar-refractivity contribution < 1.29 is 13.6 Å². The maximum Gasteiger partial charge on any atom is 0.238 e. The van der Waals surface area contributed by atoms with Gasteiger partial charge in [-0.25, -0.2) is 8.78 Å². The minimum Gasteiger partial charge on any atom is -0.331 e. The van der Waals surface area contributed by atoms with Crippen molar-refractivity contribution in [3.8, 4) is 0 Å². The van der Waals surface area contributed by atoms with Crippen LogP contribution < -0.4 is 5.32 Å². The van der Waals surface area contributed by atoms with Gasteiger partial charge in [0.1, 0.15) is 17.5 Å². The molecule has 5 heteroatoms. The molecule has 2 aromatic carbocycles. The number of hydrogen-bond acceptors (Lipinski definition) is 1. The summed E-state index contributed by atoms with van der Waals surface area (Å²) >= 11 is 5.43. The predicted molar refractivity (Wildman–Crippen MR) is 78.7 cm³/mol. The number of benzene rings is 2. The first-order valence-corrected chi connectivity index (χ1v) is 6.71. The third-order valence-corrected chi connectivity index (χ3v) is 3.05. The fourth-order valence-corrected chi connectivity index (χ4v) is 1.86. The molecule has 0 fully saturated rings. The minimum atomic E-state index is -0.363. The van der Waals surface area contributed by atoms with Gasteiger partial charge in [-0.15, -0.1) is 11.6 Å². The number of hydrogen-bond donors (Lipinski definition) is 1. The van der Waals surface area contributed by atoms with Crippen LogP contribution in [-0.2, 0) is 4.79 Å². The molecule has 0 spiro atoms. The zero-order valence-electron chi connectivity index (χ0n) is 10.9. The molecular formula is C16H12ClF2NO. The van der Waals surface area contributed by atoms with E-state index in [9.17, 15) is 13.6 Å². The molecule has 0 bridgehead atoms. The highest BCUT2D eigenvalue weighted by Crippen LogP contribution is 2.23. The molecule has 0 aliphatic heterocycles. The first-order chi connectivity index (χ1) is 10.1. The fourth-order valence-electron chi connectivity index (χ4n) is 1.78. The molecule has 1 N–H and O–H groups in total. The van der Waals surface area contributed by atoms with Crippen LogP contribution >= 0.6 is 11.6 Å². The molecule has 0 aromatic heterocycles. The first-order valence-electron chi connectivity index (χ1n) is 6.17. The molecule has 0 saturated heterocycles. The highest BCUT2D eigenvalue weighted by Gasteiger charge is 2.07. The van der Waals surface area contributed by atoms with Crippen molar-refractivity contribution in [1.29, 1.82) is 0 Å². The molecule has 2 aromatic rings. The van der Waals surface area contributed by atoms with Crippen molar-refractivity contribution >= 4 is 23.1 Å². The van der Waals surface area contributed by atoms with Crippen LogP contribution in [0.1, 0.15) is 11.1 Å². The number of carbonyl (C=O) groups excluding carboxylic acids is 1. The van der Waals surface area contributed by atoms with Gasteiger partial charge in [-0.05, 0) is 35.4 Å². The van der Waals surface area contributed by atoms with Crippen LogP contribution in [0.4, 0.5) is 8.78 Å². The van der Waals surface area contributed by atoms with Crippen molar-refractivity contribution in [2.45, 2.75) is 0 Å². The van der Waals surface area contributed by atoms with Gasteiger partial charge >= 0.3 is 0 Å². The second-order valence-corrected chi connectivity index (χ2v) is 4.54. The van der Waals surface area contributed by atoms with Gasteiger partial charge in [-0.3, -0.25) is 4.79 Å². The largest absolute Gasteiger partial charge is 0.331 e. The molecule has 0 radical (unpaired) electrons. The monoisotopic (exact) mass is 307 g/mol. The maximum atomic E-state index is 13.0. The highest BCUT2D eigenvalue weighted by atomic mass is 35.5. The summed E-state index contributed by atoms with van der Waals surface area (Å²) in [6.07, 6.45) is 1.48. The quantitative estimate of drug-likeness (QED) is 0.857. The van der Waals surface area contributed by atoms with E-state index >= 15 is 0 Å².